The number of halogens is 2. The van der Waals surface area contributed by atoms with Crippen molar-refractivity contribution in [2.75, 3.05) is 18.5 Å². The Morgan fingerprint density at radius 2 is 1.87 bits per heavy atom. The van der Waals surface area contributed by atoms with Crippen LogP contribution in [-0.4, -0.2) is 35.9 Å². The summed E-state index contributed by atoms with van der Waals surface area (Å²) in [4.78, 5) is 38.8. The number of imide groups is 1. The van der Waals surface area contributed by atoms with Gasteiger partial charge < -0.3 is 20.1 Å². The molecule has 1 heterocycles. The molecule has 0 atom stereocenters. The molecule has 1 fully saturated rings. The molecule has 2 N–H and O–H groups in total. The average molecular weight is 690 g/mol. The van der Waals surface area contributed by atoms with Gasteiger partial charge >= 0.3 is 6.03 Å². The van der Waals surface area contributed by atoms with Gasteiger partial charge in [0.25, 0.3) is 5.91 Å². The molecule has 0 saturated carbocycles. The van der Waals surface area contributed by atoms with Gasteiger partial charge in [0, 0.05) is 10.2 Å². The van der Waals surface area contributed by atoms with E-state index in [1.165, 1.54) is 0 Å². The summed E-state index contributed by atoms with van der Waals surface area (Å²) < 4.78 is 13.7. The van der Waals surface area contributed by atoms with E-state index in [1.807, 2.05) is 56.3 Å². The van der Waals surface area contributed by atoms with Crippen LogP contribution in [0.15, 0.2) is 70.8 Å². The van der Waals surface area contributed by atoms with Crippen LogP contribution in [0, 0.1) is 10.5 Å². The number of anilines is 1. The summed E-state index contributed by atoms with van der Waals surface area (Å²) in [6.45, 7) is 4.16. The molecule has 1 aliphatic heterocycles. The van der Waals surface area contributed by atoms with Gasteiger partial charge in [-0.15, -0.1) is 0 Å². The minimum absolute atomic E-state index is 0.0696. The van der Waals surface area contributed by atoms with E-state index >= 15 is 0 Å². The predicted octanol–water partition coefficient (Wildman–Crippen LogP) is 5.87. The quantitative estimate of drug-likeness (QED) is 0.167. The lowest BCUT2D eigenvalue weighted by atomic mass is 10.1. The molecule has 4 amide bonds. The van der Waals surface area contributed by atoms with Gasteiger partial charge in [0.05, 0.1) is 10.2 Å². The lowest BCUT2D eigenvalue weighted by Gasteiger charge is -2.15. The van der Waals surface area contributed by atoms with Gasteiger partial charge in [-0.25, -0.2) is 9.69 Å². The second kappa shape index (κ2) is 12.4. The van der Waals surface area contributed by atoms with Crippen LogP contribution in [0.3, 0.4) is 0 Å². The number of carbonyl (C=O) groups excluding carboxylic acids is 3. The van der Waals surface area contributed by atoms with Gasteiger partial charge in [-0.2, -0.15) is 0 Å². The Hall–Kier alpha value is -3.38. The summed E-state index contributed by atoms with van der Waals surface area (Å²) in [5, 5.41) is 5.27. The molecule has 0 radical (unpaired) electrons. The molecule has 0 aromatic heterocycles. The summed E-state index contributed by atoms with van der Waals surface area (Å²) >= 11 is 5.58. The van der Waals surface area contributed by atoms with Gasteiger partial charge in [-0.3, -0.25) is 9.59 Å². The number of rotatable bonds is 9. The number of hydrogen-bond donors (Lipinski definition) is 2. The summed E-state index contributed by atoms with van der Waals surface area (Å²) in [7, 11) is 0. The maximum absolute atomic E-state index is 12.9. The second-order valence-corrected chi connectivity index (χ2v) is 10.6. The highest BCUT2D eigenvalue weighted by Crippen LogP contribution is 2.36. The first-order valence-corrected chi connectivity index (χ1v) is 13.7. The molecule has 0 unspecified atom stereocenters. The number of nitrogens with one attached hydrogen (secondary N) is 2. The Labute approximate surface area is 242 Å². The summed E-state index contributed by atoms with van der Waals surface area (Å²) in [6, 6.07) is 18.0. The van der Waals surface area contributed by atoms with Crippen molar-refractivity contribution in [3.05, 3.63) is 91.1 Å². The molecule has 1 saturated heterocycles. The van der Waals surface area contributed by atoms with E-state index in [1.54, 1.807) is 24.3 Å². The number of nitrogens with zero attached hydrogens (tertiary/aromatic N) is 1. The average Bonchev–Trinajstić information content (AvgIpc) is 3.12. The lowest BCUT2D eigenvalue weighted by molar-refractivity contribution is -0.127. The van der Waals surface area contributed by atoms with Crippen molar-refractivity contribution in [3.8, 4) is 11.5 Å². The van der Waals surface area contributed by atoms with E-state index in [2.05, 4.69) is 49.2 Å². The molecule has 0 aliphatic carbocycles. The van der Waals surface area contributed by atoms with Gasteiger partial charge in [0.2, 0.25) is 5.91 Å². The normalized spacial score (nSPS) is 14.0. The predicted molar refractivity (Wildman–Crippen MR) is 157 cm³/mol. The van der Waals surface area contributed by atoms with Gasteiger partial charge in [0.1, 0.15) is 18.8 Å². The monoisotopic (exact) mass is 689 g/mol. The SMILES string of the molecule is CCOc1cc(/C=C2/NC(=O)N(CC(=O)Nc3cccc(C)c3)C2=O)cc(I)c1OCc1ccc(Br)cc1. The van der Waals surface area contributed by atoms with Crippen molar-refractivity contribution in [1.29, 1.82) is 0 Å². The minimum atomic E-state index is -0.658. The van der Waals surface area contributed by atoms with Crippen molar-refractivity contribution in [3.63, 3.8) is 0 Å². The van der Waals surface area contributed by atoms with Crippen LogP contribution >= 0.6 is 38.5 Å². The fourth-order valence-corrected chi connectivity index (χ4v) is 4.80. The van der Waals surface area contributed by atoms with Gasteiger partial charge in [-0.1, -0.05) is 40.2 Å². The number of ether oxygens (including phenoxy) is 2. The van der Waals surface area contributed by atoms with Crippen LogP contribution in [0.4, 0.5) is 10.5 Å². The Kier molecular flexibility index (Phi) is 9.05. The zero-order chi connectivity index (χ0) is 27.2. The Morgan fingerprint density at radius 1 is 1.11 bits per heavy atom. The highest BCUT2D eigenvalue weighted by Gasteiger charge is 2.35. The van der Waals surface area contributed by atoms with Crippen LogP contribution in [0.1, 0.15) is 23.6 Å². The van der Waals surface area contributed by atoms with Crippen molar-refractivity contribution in [2.45, 2.75) is 20.5 Å². The number of hydrogen-bond acceptors (Lipinski definition) is 5. The van der Waals surface area contributed by atoms with Gasteiger partial charge in [0.15, 0.2) is 11.5 Å². The molecule has 1 aliphatic rings. The molecule has 38 heavy (non-hydrogen) atoms. The number of benzene rings is 3. The summed E-state index contributed by atoms with van der Waals surface area (Å²) in [5.41, 5.74) is 3.29. The molecule has 0 bridgehead atoms. The van der Waals surface area contributed by atoms with Crippen LogP contribution in [0.5, 0.6) is 11.5 Å². The van der Waals surface area contributed by atoms with E-state index < -0.39 is 24.4 Å². The van der Waals surface area contributed by atoms with Crippen LogP contribution in [0.2, 0.25) is 0 Å². The summed E-state index contributed by atoms with van der Waals surface area (Å²) in [5.74, 6) is 0.0574. The fraction of sp³-hybridized carbons (Fsp3) is 0.179. The maximum atomic E-state index is 12.9. The third-order valence-corrected chi connectivity index (χ3v) is 6.83. The van der Waals surface area contributed by atoms with E-state index in [-0.39, 0.29) is 5.70 Å². The Balaban J connectivity index is 1.48. The number of urea groups is 1. The first-order valence-electron chi connectivity index (χ1n) is 11.8. The standard InChI is InChI=1S/C28H25BrIN3O5/c1-3-37-24-14-19(12-22(30)26(24)38-16-18-7-9-20(29)10-8-18)13-23-27(35)33(28(36)32-23)15-25(34)31-21-6-4-5-17(2)11-21/h4-14H,3,15-16H2,1-2H3,(H,31,34)(H,32,36)/b23-13+. The van der Waals surface area contributed by atoms with Crippen molar-refractivity contribution in [1.82, 2.24) is 10.2 Å². The van der Waals surface area contributed by atoms with Crippen molar-refractivity contribution >= 4 is 68.1 Å². The van der Waals surface area contributed by atoms with Crippen LogP contribution < -0.4 is 20.1 Å². The van der Waals surface area contributed by atoms with Crippen LogP contribution in [-0.2, 0) is 16.2 Å². The van der Waals surface area contributed by atoms with E-state index in [9.17, 15) is 14.4 Å². The topological polar surface area (TPSA) is 97.0 Å². The Bertz CT molecular complexity index is 1410. The molecule has 3 aromatic carbocycles. The molecule has 10 heteroatoms. The lowest BCUT2D eigenvalue weighted by Crippen LogP contribution is -2.38. The molecule has 4 rings (SSSR count). The molecular formula is C28H25BrIN3O5. The zero-order valence-corrected chi connectivity index (χ0v) is 24.5. The zero-order valence-electron chi connectivity index (χ0n) is 20.7. The first kappa shape index (κ1) is 27.6. The van der Waals surface area contributed by atoms with Crippen molar-refractivity contribution < 1.29 is 23.9 Å². The highest BCUT2D eigenvalue weighted by molar-refractivity contribution is 14.1. The number of amides is 4. The largest absolute Gasteiger partial charge is 0.490 e. The third kappa shape index (κ3) is 6.93. The number of carbonyl (C=O) groups is 3. The maximum Gasteiger partial charge on any atom is 0.329 e. The molecule has 8 nitrogen and oxygen atoms in total. The molecule has 0 spiro atoms. The second-order valence-electron chi connectivity index (χ2n) is 8.48. The van der Waals surface area contributed by atoms with Crippen LogP contribution in [0.25, 0.3) is 6.08 Å². The first-order chi connectivity index (χ1) is 18.2. The number of aryl methyl sites for hydroxylation is 1. The molecule has 3 aromatic rings. The fourth-order valence-electron chi connectivity index (χ4n) is 3.76. The highest BCUT2D eigenvalue weighted by atomic mass is 127. The third-order valence-electron chi connectivity index (χ3n) is 5.50. The van der Waals surface area contributed by atoms with E-state index in [0.29, 0.717) is 36.0 Å². The molecular weight excluding hydrogens is 665 g/mol. The Morgan fingerprint density at radius 3 is 2.58 bits per heavy atom. The molecule has 196 valence electrons. The van der Waals surface area contributed by atoms with Crippen molar-refractivity contribution in [2.24, 2.45) is 0 Å². The van der Waals surface area contributed by atoms with E-state index in [0.717, 1.165) is 24.1 Å². The van der Waals surface area contributed by atoms with Gasteiger partial charge in [-0.05, 0) is 95.6 Å². The smallest absolute Gasteiger partial charge is 0.329 e. The van der Waals surface area contributed by atoms with E-state index in [4.69, 9.17) is 9.47 Å². The summed E-state index contributed by atoms with van der Waals surface area (Å²) in [6.07, 6.45) is 1.56. The minimum Gasteiger partial charge on any atom is -0.490 e.